The van der Waals surface area contributed by atoms with E-state index < -0.39 is 17.8 Å². The minimum absolute atomic E-state index is 0.0200. The molecule has 1 aromatic heterocycles. The Hall–Kier alpha value is -1.79. The highest BCUT2D eigenvalue weighted by molar-refractivity contribution is 5.73. The van der Waals surface area contributed by atoms with Gasteiger partial charge in [-0.2, -0.15) is 13.2 Å². The fraction of sp³-hybridized carbons (Fsp3) is 0.500. The van der Waals surface area contributed by atoms with Crippen LogP contribution in [0.5, 0.6) is 0 Å². The first kappa shape index (κ1) is 15.3. The van der Waals surface area contributed by atoms with Crippen molar-refractivity contribution in [3.63, 3.8) is 0 Å². The van der Waals surface area contributed by atoms with E-state index in [1.807, 2.05) is 6.92 Å². The Labute approximate surface area is 108 Å². The second-order valence-electron chi connectivity index (χ2n) is 4.16. The predicted molar refractivity (Wildman–Crippen MR) is 64.0 cm³/mol. The normalized spacial score (nSPS) is 13.1. The molecule has 0 saturated heterocycles. The van der Waals surface area contributed by atoms with Crippen LogP contribution >= 0.6 is 0 Å². The van der Waals surface area contributed by atoms with Gasteiger partial charge in [0.05, 0.1) is 0 Å². The SMILES string of the molecule is CCC(C)N(CC(=O)O)c1cccc(C(F)(F)F)n1. The van der Waals surface area contributed by atoms with Crippen LogP contribution in [0.4, 0.5) is 19.0 Å². The zero-order valence-corrected chi connectivity index (χ0v) is 10.6. The lowest BCUT2D eigenvalue weighted by Gasteiger charge is -2.28. The number of pyridine rings is 1. The first-order valence-electron chi connectivity index (χ1n) is 5.78. The Bertz CT molecular complexity index is 449. The number of carboxylic acid groups (broad SMARTS) is 1. The molecule has 0 radical (unpaired) electrons. The summed E-state index contributed by atoms with van der Waals surface area (Å²) in [4.78, 5) is 15.6. The number of alkyl halides is 3. The molecule has 0 spiro atoms. The Morgan fingerprint density at radius 2 is 2.11 bits per heavy atom. The van der Waals surface area contributed by atoms with Gasteiger partial charge in [0.25, 0.3) is 0 Å². The van der Waals surface area contributed by atoms with Crippen LogP contribution in [-0.4, -0.2) is 28.6 Å². The monoisotopic (exact) mass is 276 g/mol. The maximum absolute atomic E-state index is 12.6. The van der Waals surface area contributed by atoms with Crippen molar-refractivity contribution in [1.29, 1.82) is 0 Å². The van der Waals surface area contributed by atoms with Gasteiger partial charge >= 0.3 is 12.1 Å². The van der Waals surface area contributed by atoms with E-state index in [4.69, 9.17) is 5.11 Å². The van der Waals surface area contributed by atoms with Gasteiger partial charge in [-0.1, -0.05) is 13.0 Å². The van der Waals surface area contributed by atoms with Crippen LogP contribution in [0.25, 0.3) is 0 Å². The molecule has 1 unspecified atom stereocenters. The van der Waals surface area contributed by atoms with Crippen molar-refractivity contribution in [2.45, 2.75) is 32.5 Å². The molecule has 19 heavy (non-hydrogen) atoms. The summed E-state index contributed by atoms with van der Waals surface area (Å²) in [6, 6.07) is 3.25. The van der Waals surface area contributed by atoms with Crippen molar-refractivity contribution < 1.29 is 23.1 Å². The fourth-order valence-electron chi connectivity index (χ4n) is 1.57. The molecular formula is C12H15F3N2O2. The van der Waals surface area contributed by atoms with Crippen molar-refractivity contribution in [1.82, 2.24) is 4.98 Å². The highest BCUT2D eigenvalue weighted by Gasteiger charge is 2.33. The Morgan fingerprint density at radius 1 is 1.47 bits per heavy atom. The van der Waals surface area contributed by atoms with Crippen LogP contribution in [-0.2, 0) is 11.0 Å². The minimum atomic E-state index is -4.54. The molecule has 0 bridgehead atoms. The molecule has 1 N–H and O–H groups in total. The van der Waals surface area contributed by atoms with Crippen molar-refractivity contribution in [2.24, 2.45) is 0 Å². The molecule has 0 aliphatic rings. The summed E-state index contributed by atoms with van der Waals surface area (Å²) in [5.74, 6) is -1.09. The first-order valence-corrected chi connectivity index (χ1v) is 5.78. The third-order valence-corrected chi connectivity index (χ3v) is 2.75. The number of anilines is 1. The number of hydrogen-bond donors (Lipinski definition) is 1. The lowest BCUT2D eigenvalue weighted by Crippen LogP contribution is -2.38. The van der Waals surface area contributed by atoms with Gasteiger partial charge in [-0.25, -0.2) is 4.98 Å². The van der Waals surface area contributed by atoms with E-state index in [-0.39, 0.29) is 18.4 Å². The molecule has 1 heterocycles. The van der Waals surface area contributed by atoms with E-state index >= 15 is 0 Å². The summed E-state index contributed by atoms with van der Waals surface area (Å²) < 4.78 is 37.7. The molecule has 106 valence electrons. The van der Waals surface area contributed by atoms with Gasteiger partial charge in [-0.15, -0.1) is 0 Å². The van der Waals surface area contributed by atoms with Gasteiger partial charge in [-0.3, -0.25) is 4.79 Å². The molecule has 0 fully saturated rings. The molecule has 1 rings (SSSR count). The van der Waals surface area contributed by atoms with Crippen LogP contribution < -0.4 is 4.90 Å². The van der Waals surface area contributed by atoms with Crippen LogP contribution in [0.2, 0.25) is 0 Å². The van der Waals surface area contributed by atoms with E-state index in [0.717, 1.165) is 6.07 Å². The number of aliphatic carboxylic acids is 1. The number of hydrogen-bond acceptors (Lipinski definition) is 3. The lowest BCUT2D eigenvalue weighted by atomic mass is 10.2. The van der Waals surface area contributed by atoms with Gasteiger partial charge in [0.1, 0.15) is 18.1 Å². The Morgan fingerprint density at radius 3 is 2.58 bits per heavy atom. The summed E-state index contributed by atoms with van der Waals surface area (Å²) in [5, 5.41) is 8.83. The van der Waals surface area contributed by atoms with Gasteiger partial charge in [0.2, 0.25) is 0 Å². The standard InChI is InChI=1S/C12H15F3N2O2/c1-3-8(2)17(7-11(18)19)10-6-4-5-9(16-10)12(13,14)15/h4-6,8H,3,7H2,1-2H3,(H,18,19). The van der Waals surface area contributed by atoms with Crippen molar-refractivity contribution in [2.75, 3.05) is 11.4 Å². The number of carboxylic acids is 1. The van der Waals surface area contributed by atoms with Crippen LogP contribution in [0.15, 0.2) is 18.2 Å². The third-order valence-electron chi connectivity index (χ3n) is 2.75. The van der Waals surface area contributed by atoms with Crippen LogP contribution in [0.3, 0.4) is 0 Å². The number of nitrogens with zero attached hydrogens (tertiary/aromatic N) is 2. The molecule has 0 aliphatic heterocycles. The molecule has 1 atom stereocenters. The van der Waals surface area contributed by atoms with Gasteiger partial charge in [-0.05, 0) is 25.5 Å². The zero-order valence-electron chi connectivity index (χ0n) is 10.6. The molecule has 1 aromatic rings. The van der Waals surface area contributed by atoms with E-state index in [2.05, 4.69) is 4.98 Å². The van der Waals surface area contributed by atoms with Crippen LogP contribution in [0, 0.1) is 0 Å². The highest BCUT2D eigenvalue weighted by Crippen LogP contribution is 2.29. The average Bonchev–Trinajstić information content (AvgIpc) is 2.34. The molecule has 0 aliphatic carbocycles. The van der Waals surface area contributed by atoms with E-state index in [9.17, 15) is 18.0 Å². The molecule has 0 aromatic carbocycles. The van der Waals surface area contributed by atoms with Gasteiger partial charge in [0.15, 0.2) is 0 Å². The quantitative estimate of drug-likeness (QED) is 0.898. The summed E-state index contributed by atoms with van der Waals surface area (Å²) >= 11 is 0. The lowest BCUT2D eigenvalue weighted by molar-refractivity contribution is -0.141. The second-order valence-corrected chi connectivity index (χ2v) is 4.16. The minimum Gasteiger partial charge on any atom is -0.480 e. The smallest absolute Gasteiger partial charge is 0.433 e. The van der Waals surface area contributed by atoms with Crippen molar-refractivity contribution in [3.8, 4) is 0 Å². The summed E-state index contributed by atoms with van der Waals surface area (Å²) in [6.45, 7) is 3.18. The van der Waals surface area contributed by atoms with E-state index in [1.54, 1.807) is 6.92 Å². The van der Waals surface area contributed by atoms with Crippen molar-refractivity contribution >= 4 is 11.8 Å². The number of rotatable bonds is 5. The molecule has 0 amide bonds. The topological polar surface area (TPSA) is 53.4 Å². The predicted octanol–water partition coefficient (Wildman–Crippen LogP) is 2.79. The largest absolute Gasteiger partial charge is 0.480 e. The van der Waals surface area contributed by atoms with Crippen molar-refractivity contribution in [3.05, 3.63) is 23.9 Å². The summed E-state index contributed by atoms with van der Waals surface area (Å²) in [6.07, 6.45) is -3.94. The number of halogens is 3. The number of carbonyl (C=O) groups is 1. The maximum atomic E-state index is 12.6. The second kappa shape index (κ2) is 5.90. The van der Waals surface area contributed by atoms with E-state index in [0.29, 0.717) is 6.42 Å². The van der Waals surface area contributed by atoms with Gasteiger partial charge < -0.3 is 10.0 Å². The van der Waals surface area contributed by atoms with Crippen LogP contribution in [0.1, 0.15) is 26.0 Å². The summed E-state index contributed by atoms with van der Waals surface area (Å²) in [5.41, 5.74) is -1.02. The van der Waals surface area contributed by atoms with Gasteiger partial charge in [0, 0.05) is 6.04 Å². The van der Waals surface area contributed by atoms with E-state index in [1.165, 1.54) is 17.0 Å². The maximum Gasteiger partial charge on any atom is 0.433 e. The Kier molecular flexibility index (Phi) is 4.74. The Balaban J connectivity index is 3.12. The average molecular weight is 276 g/mol. The molecular weight excluding hydrogens is 261 g/mol. The highest BCUT2D eigenvalue weighted by atomic mass is 19.4. The molecule has 4 nitrogen and oxygen atoms in total. The zero-order chi connectivity index (χ0) is 14.6. The molecule has 7 heteroatoms. The molecule has 0 saturated carbocycles. The fourth-order valence-corrected chi connectivity index (χ4v) is 1.57. The first-order chi connectivity index (χ1) is 8.75. The number of aromatic nitrogens is 1. The third kappa shape index (κ3) is 4.11. The summed E-state index contributed by atoms with van der Waals surface area (Å²) in [7, 11) is 0.